The summed E-state index contributed by atoms with van der Waals surface area (Å²) in [6, 6.07) is -4.03. The molecule has 0 rings (SSSR count). The van der Waals surface area contributed by atoms with Gasteiger partial charge in [-0.25, -0.2) is 4.79 Å². The first-order valence-electron chi connectivity index (χ1n) is 11.5. The number of hydrogen-bond donors (Lipinski definition) is 6. The summed E-state index contributed by atoms with van der Waals surface area (Å²) in [7, 11) is 0. The van der Waals surface area contributed by atoms with Gasteiger partial charge in [-0.1, -0.05) is 34.1 Å². The lowest BCUT2D eigenvalue weighted by Crippen LogP contribution is -2.58. The van der Waals surface area contributed by atoms with E-state index in [4.69, 9.17) is 11.5 Å². The molecule has 0 spiro atoms. The first kappa shape index (κ1) is 31.7. The van der Waals surface area contributed by atoms with E-state index in [1.807, 2.05) is 34.0 Å². The lowest BCUT2D eigenvalue weighted by Gasteiger charge is -2.26. The van der Waals surface area contributed by atoms with E-state index < -0.39 is 53.8 Å². The van der Waals surface area contributed by atoms with Crippen LogP contribution in [-0.4, -0.2) is 70.9 Å². The monoisotopic (exact) mass is 503 g/mol. The van der Waals surface area contributed by atoms with Crippen molar-refractivity contribution in [2.24, 2.45) is 23.3 Å². The molecule has 0 aromatic heterocycles. The number of hydrogen-bond acceptors (Lipinski definition) is 7. The Morgan fingerprint density at radius 2 is 1.41 bits per heavy atom. The highest BCUT2D eigenvalue weighted by atomic mass is 32.2. The molecule has 5 unspecified atom stereocenters. The summed E-state index contributed by atoms with van der Waals surface area (Å²) >= 11 is 1.50. The summed E-state index contributed by atoms with van der Waals surface area (Å²) in [4.78, 5) is 61.0. The second-order valence-corrected chi connectivity index (χ2v) is 9.83. The smallest absolute Gasteiger partial charge is 0.326 e. The minimum Gasteiger partial charge on any atom is -0.480 e. The van der Waals surface area contributed by atoms with Crippen molar-refractivity contribution in [3.8, 4) is 0 Å². The number of aliphatic carboxylic acids is 1. The number of rotatable bonds is 17. The molecule has 0 saturated heterocycles. The predicted octanol–water partition coefficient (Wildman–Crippen LogP) is -0.0365. The molecule has 196 valence electrons. The summed E-state index contributed by atoms with van der Waals surface area (Å²) in [6.07, 6.45) is 2.77. The van der Waals surface area contributed by atoms with Gasteiger partial charge in [-0.05, 0) is 43.1 Å². The Balaban J connectivity index is 5.50. The average molecular weight is 504 g/mol. The fourth-order valence-electron chi connectivity index (χ4n) is 3.08. The summed E-state index contributed by atoms with van der Waals surface area (Å²) in [6.45, 7) is 7.47. The Hall–Kier alpha value is -2.34. The molecule has 0 aliphatic heterocycles. The van der Waals surface area contributed by atoms with Crippen LogP contribution in [-0.2, 0) is 24.0 Å². The predicted molar refractivity (Wildman–Crippen MR) is 132 cm³/mol. The minimum atomic E-state index is -1.33. The third kappa shape index (κ3) is 12.2. The van der Waals surface area contributed by atoms with Gasteiger partial charge in [-0.2, -0.15) is 11.8 Å². The van der Waals surface area contributed by atoms with E-state index in [9.17, 15) is 29.1 Å². The van der Waals surface area contributed by atoms with Crippen molar-refractivity contribution in [2.45, 2.75) is 84.0 Å². The summed E-state index contributed by atoms with van der Waals surface area (Å²) in [5.74, 6) is -3.16. The topological polar surface area (TPSA) is 194 Å². The van der Waals surface area contributed by atoms with E-state index in [1.54, 1.807) is 0 Å². The van der Waals surface area contributed by atoms with Gasteiger partial charge in [0.25, 0.3) is 0 Å². The van der Waals surface area contributed by atoms with Gasteiger partial charge in [-0.3, -0.25) is 19.2 Å². The fraction of sp³-hybridized carbons (Fsp3) is 0.773. The highest BCUT2D eigenvalue weighted by molar-refractivity contribution is 7.98. The summed E-state index contributed by atoms with van der Waals surface area (Å²) in [5.41, 5.74) is 11.1. The van der Waals surface area contributed by atoms with E-state index in [-0.39, 0.29) is 31.1 Å². The molecule has 0 radical (unpaired) electrons. The number of carboxylic acid groups (broad SMARTS) is 1. The van der Waals surface area contributed by atoms with Gasteiger partial charge in [0, 0.05) is 6.42 Å². The maximum Gasteiger partial charge on any atom is 0.326 e. The Bertz CT molecular complexity index is 705. The molecule has 0 aliphatic rings. The molecular weight excluding hydrogens is 462 g/mol. The zero-order valence-corrected chi connectivity index (χ0v) is 21.6. The van der Waals surface area contributed by atoms with Crippen LogP contribution in [0.1, 0.15) is 59.8 Å². The Kier molecular flexibility index (Phi) is 15.2. The Labute approximate surface area is 205 Å². The molecule has 0 heterocycles. The highest BCUT2D eigenvalue weighted by Crippen LogP contribution is 2.10. The molecule has 0 bridgehead atoms. The van der Waals surface area contributed by atoms with Crippen LogP contribution >= 0.6 is 11.8 Å². The molecule has 34 heavy (non-hydrogen) atoms. The van der Waals surface area contributed by atoms with Crippen LogP contribution in [0.25, 0.3) is 0 Å². The minimum absolute atomic E-state index is 0.00279. The molecule has 0 fully saturated rings. The number of carbonyl (C=O) groups is 5. The van der Waals surface area contributed by atoms with Crippen molar-refractivity contribution < 1.29 is 29.1 Å². The number of primary amides is 1. The third-order valence-corrected chi connectivity index (χ3v) is 6.08. The van der Waals surface area contributed by atoms with Gasteiger partial charge in [0.1, 0.15) is 18.1 Å². The Morgan fingerprint density at radius 3 is 1.88 bits per heavy atom. The zero-order chi connectivity index (χ0) is 26.4. The fourth-order valence-corrected chi connectivity index (χ4v) is 3.55. The van der Waals surface area contributed by atoms with Crippen LogP contribution in [0.2, 0.25) is 0 Å². The molecule has 0 saturated carbocycles. The average Bonchev–Trinajstić information content (AvgIpc) is 2.76. The van der Waals surface area contributed by atoms with Gasteiger partial charge in [-0.15, -0.1) is 0 Å². The van der Waals surface area contributed by atoms with Gasteiger partial charge in [0.05, 0.1) is 6.04 Å². The number of thioether (sulfide) groups is 1. The number of carboxylic acids is 1. The van der Waals surface area contributed by atoms with Crippen LogP contribution in [0.15, 0.2) is 0 Å². The second kappa shape index (κ2) is 16.3. The van der Waals surface area contributed by atoms with E-state index in [0.717, 1.165) is 0 Å². The first-order valence-corrected chi connectivity index (χ1v) is 12.9. The lowest BCUT2D eigenvalue weighted by atomic mass is 9.98. The molecule has 8 N–H and O–H groups in total. The molecule has 0 aromatic carbocycles. The number of carbonyl (C=O) groups excluding carboxylic acids is 4. The SMILES string of the molecule is CCC(C)C(N)C(=O)NC(CCSC)C(=O)NC(CC(C)C)C(=O)NC(CCC(N)=O)C(=O)O. The summed E-state index contributed by atoms with van der Waals surface area (Å²) in [5, 5.41) is 17.1. The van der Waals surface area contributed by atoms with Crippen LogP contribution in [0.4, 0.5) is 0 Å². The van der Waals surface area contributed by atoms with Crippen molar-refractivity contribution in [3.63, 3.8) is 0 Å². The van der Waals surface area contributed by atoms with Crippen LogP contribution < -0.4 is 27.4 Å². The van der Waals surface area contributed by atoms with E-state index in [0.29, 0.717) is 18.6 Å². The summed E-state index contributed by atoms with van der Waals surface area (Å²) < 4.78 is 0. The van der Waals surface area contributed by atoms with Crippen LogP contribution in [0.5, 0.6) is 0 Å². The molecule has 12 heteroatoms. The molecule has 11 nitrogen and oxygen atoms in total. The third-order valence-electron chi connectivity index (χ3n) is 5.44. The van der Waals surface area contributed by atoms with Gasteiger partial charge < -0.3 is 32.5 Å². The van der Waals surface area contributed by atoms with E-state index in [1.165, 1.54) is 11.8 Å². The van der Waals surface area contributed by atoms with E-state index in [2.05, 4.69) is 16.0 Å². The molecule has 0 aromatic rings. The second-order valence-electron chi connectivity index (χ2n) is 8.85. The first-order chi connectivity index (χ1) is 15.8. The van der Waals surface area contributed by atoms with Crippen molar-refractivity contribution in [1.29, 1.82) is 0 Å². The van der Waals surface area contributed by atoms with Gasteiger partial charge in [0.15, 0.2) is 0 Å². The Morgan fingerprint density at radius 1 is 0.882 bits per heavy atom. The molecular formula is C22H41N5O6S. The van der Waals surface area contributed by atoms with Crippen molar-refractivity contribution in [2.75, 3.05) is 12.0 Å². The van der Waals surface area contributed by atoms with Crippen molar-refractivity contribution >= 4 is 41.4 Å². The number of amides is 4. The number of nitrogens with one attached hydrogen (secondary N) is 3. The molecule has 5 atom stereocenters. The lowest BCUT2D eigenvalue weighted by molar-refractivity contribution is -0.142. The number of nitrogens with two attached hydrogens (primary N) is 2. The molecule has 0 aliphatic carbocycles. The highest BCUT2D eigenvalue weighted by Gasteiger charge is 2.31. The van der Waals surface area contributed by atoms with E-state index >= 15 is 0 Å². The zero-order valence-electron chi connectivity index (χ0n) is 20.8. The van der Waals surface area contributed by atoms with Crippen LogP contribution in [0, 0.1) is 11.8 Å². The molecule has 4 amide bonds. The maximum atomic E-state index is 13.0. The van der Waals surface area contributed by atoms with Crippen molar-refractivity contribution in [3.05, 3.63) is 0 Å². The van der Waals surface area contributed by atoms with Gasteiger partial charge in [0.2, 0.25) is 23.6 Å². The largest absolute Gasteiger partial charge is 0.480 e. The normalized spacial score (nSPS) is 15.5. The maximum absolute atomic E-state index is 13.0. The standard InChI is InChI=1S/C22H41N5O6S/c1-6-13(4)18(24)21(31)25-14(9-10-34-5)19(29)27-16(11-12(2)3)20(30)26-15(22(32)33)7-8-17(23)28/h12-16,18H,6-11,24H2,1-5H3,(H2,23,28)(H,25,31)(H,26,30)(H,27,29)(H,32,33). The quantitative estimate of drug-likeness (QED) is 0.159. The van der Waals surface area contributed by atoms with Crippen molar-refractivity contribution in [1.82, 2.24) is 16.0 Å². The van der Waals surface area contributed by atoms with Crippen LogP contribution in [0.3, 0.4) is 0 Å². The van der Waals surface area contributed by atoms with Gasteiger partial charge >= 0.3 is 5.97 Å².